The van der Waals surface area contributed by atoms with Crippen LogP contribution in [0.5, 0.6) is 0 Å². The summed E-state index contributed by atoms with van der Waals surface area (Å²) < 4.78 is 22.7. The summed E-state index contributed by atoms with van der Waals surface area (Å²) in [5.74, 6) is -1.31. The number of esters is 2. The summed E-state index contributed by atoms with van der Waals surface area (Å²) >= 11 is 0. The van der Waals surface area contributed by atoms with Gasteiger partial charge < -0.3 is 9.47 Å². The van der Waals surface area contributed by atoms with Gasteiger partial charge in [-0.25, -0.2) is 4.39 Å². The van der Waals surface area contributed by atoms with Crippen molar-refractivity contribution in [1.29, 1.82) is 0 Å². The van der Waals surface area contributed by atoms with Gasteiger partial charge in [-0.2, -0.15) is 0 Å². The number of carbonyl (C=O) groups is 2. The van der Waals surface area contributed by atoms with Gasteiger partial charge in [0, 0.05) is 13.3 Å². The van der Waals surface area contributed by atoms with Gasteiger partial charge in [0.15, 0.2) is 0 Å². The van der Waals surface area contributed by atoms with Crippen LogP contribution in [0.4, 0.5) is 4.39 Å². The van der Waals surface area contributed by atoms with Crippen LogP contribution in [-0.2, 0) is 24.5 Å². The molecular weight excluding hydrogens is 239 g/mol. The Kier molecular flexibility index (Phi) is 3.07. The van der Waals surface area contributed by atoms with Crippen molar-refractivity contribution in [3.63, 3.8) is 0 Å². The van der Waals surface area contributed by atoms with Crippen LogP contribution < -0.4 is 0 Å². The van der Waals surface area contributed by atoms with E-state index in [9.17, 15) is 14.0 Å². The Bertz CT molecular complexity index is 482. The van der Waals surface area contributed by atoms with E-state index in [1.54, 1.807) is 0 Å². The molecule has 2 atom stereocenters. The summed E-state index contributed by atoms with van der Waals surface area (Å²) in [6.07, 6.45) is -0.168. The minimum absolute atomic E-state index is 0.366. The van der Waals surface area contributed by atoms with Crippen molar-refractivity contribution in [2.24, 2.45) is 0 Å². The summed E-state index contributed by atoms with van der Waals surface area (Å²) in [4.78, 5) is 22.8. The lowest BCUT2D eigenvalue weighted by molar-refractivity contribution is -0.148. The van der Waals surface area contributed by atoms with Crippen molar-refractivity contribution >= 4 is 11.9 Å². The van der Waals surface area contributed by atoms with E-state index >= 15 is 0 Å². The van der Waals surface area contributed by atoms with Crippen LogP contribution >= 0.6 is 0 Å². The predicted molar refractivity (Wildman–Crippen MR) is 60.3 cm³/mol. The quantitative estimate of drug-likeness (QED) is 0.766. The zero-order chi connectivity index (χ0) is 13.3. The number of methoxy groups -OCH3 is 1. The third-order valence-electron chi connectivity index (χ3n) is 3.11. The van der Waals surface area contributed by atoms with Crippen LogP contribution in [0.2, 0.25) is 0 Å². The van der Waals surface area contributed by atoms with Crippen LogP contribution in [0.25, 0.3) is 0 Å². The SMILES string of the molecule is COC(=O)[C@@]1(c2ccc(F)cc2)C[C@@H]1OC(C)=O. The Labute approximate surface area is 104 Å². The number of benzene rings is 1. The maximum absolute atomic E-state index is 12.9. The maximum Gasteiger partial charge on any atom is 0.320 e. The molecule has 0 saturated heterocycles. The highest BCUT2D eigenvalue weighted by Gasteiger charge is 2.65. The lowest BCUT2D eigenvalue weighted by Crippen LogP contribution is -2.27. The molecule has 0 radical (unpaired) electrons. The Morgan fingerprint density at radius 3 is 2.44 bits per heavy atom. The molecule has 0 amide bonds. The second kappa shape index (κ2) is 4.40. The maximum atomic E-state index is 12.9. The second-order valence-corrected chi connectivity index (χ2v) is 4.27. The molecule has 1 saturated carbocycles. The molecule has 96 valence electrons. The van der Waals surface area contributed by atoms with E-state index in [0.717, 1.165) is 0 Å². The molecule has 18 heavy (non-hydrogen) atoms. The Morgan fingerprint density at radius 1 is 1.33 bits per heavy atom. The van der Waals surface area contributed by atoms with E-state index in [4.69, 9.17) is 9.47 Å². The molecule has 1 aromatic rings. The minimum atomic E-state index is -0.978. The van der Waals surface area contributed by atoms with Crippen LogP contribution in [-0.4, -0.2) is 25.2 Å². The first-order valence-corrected chi connectivity index (χ1v) is 5.52. The summed E-state index contributed by atoms with van der Waals surface area (Å²) in [7, 11) is 1.27. The van der Waals surface area contributed by atoms with Gasteiger partial charge in [-0.3, -0.25) is 9.59 Å². The third-order valence-corrected chi connectivity index (χ3v) is 3.11. The largest absolute Gasteiger partial charge is 0.468 e. The lowest BCUT2D eigenvalue weighted by atomic mass is 9.95. The summed E-state index contributed by atoms with van der Waals surface area (Å²) in [5, 5.41) is 0. The van der Waals surface area contributed by atoms with Crippen LogP contribution in [0.3, 0.4) is 0 Å². The van der Waals surface area contributed by atoms with Crippen molar-refractivity contribution in [2.75, 3.05) is 7.11 Å². The minimum Gasteiger partial charge on any atom is -0.468 e. The first-order valence-electron chi connectivity index (χ1n) is 5.52. The Balaban J connectivity index is 2.31. The zero-order valence-corrected chi connectivity index (χ0v) is 10.1. The molecule has 4 nitrogen and oxygen atoms in total. The van der Waals surface area contributed by atoms with Crippen molar-refractivity contribution < 1.29 is 23.5 Å². The fourth-order valence-corrected chi connectivity index (χ4v) is 2.14. The molecule has 0 aliphatic heterocycles. The van der Waals surface area contributed by atoms with Crippen LogP contribution in [0.1, 0.15) is 18.9 Å². The lowest BCUT2D eigenvalue weighted by Gasteiger charge is -2.15. The highest BCUT2D eigenvalue weighted by molar-refractivity contribution is 5.89. The van der Waals surface area contributed by atoms with Crippen LogP contribution in [0, 0.1) is 5.82 Å². The van der Waals surface area contributed by atoms with Gasteiger partial charge >= 0.3 is 11.9 Å². The molecule has 0 unspecified atom stereocenters. The molecule has 5 heteroatoms. The van der Waals surface area contributed by atoms with Crippen molar-refractivity contribution in [3.8, 4) is 0 Å². The molecule has 1 aromatic carbocycles. The fraction of sp³-hybridized carbons (Fsp3) is 0.385. The molecule has 1 fully saturated rings. The van der Waals surface area contributed by atoms with Gasteiger partial charge in [-0.1, -0.05) is 12.1 Å². The zero-order valence-electron chi connectivity index (χ0n) is 10.1. The number of hydrogen-bond acceptors (Lipinski definition) is 4. The van der Waals surface area contributed by atoms with Gasteiger partial charge in [-0.05, 0) is 17.7 Å². The second-order valence-electron chi connectivity index (χ2n) is 4.27. The number of hydrogen-bond donors (Lipinski definition) is 0. The molecule has 0 spiro atoms. The van der Waals surface area contributed by atoms with E-state index in [2.05, 4.69) is 0 Å². The average Bonchev–Trinajstić information content (AvgIpc) is 3.03. The standard InChI is InChI=1S/C13H13FO4/c1-8(15)18-11-7-13(11,12(16)17-2)9-3-5-10(14)6-4-9/h3-6,11H,7H2,1-2H3/t11-,13+/m0/s1. The first kappa shape index (κ1) is 12.5. The highest BCUT2D eigenvalue weighted by Crippen LogP contribution is 2.51. The van der Waals surface area contributed by atoms with Gasteiger partial charge in [0.25, 0.3) is 0 Å². The van der Waals surface area contributed by atoms with Crippen LogP contribution in [0.15, 0.2) is 24.3 Å². The van der Waals surface area contributed by atoms with Gasteiger partial charge in [-0.15, -0.1) is 0 Å². The van der Waals surface area contributed by atoms with E-state index in [1.807, 2.05) is 0 Å². The monoisotopic (exact) mass is 252 g/mol. The van der Waals surface area contributed by atoms with E-state index in [-0.39, 0.29) is 5.82 Å². The number of halogens is 1. The predicted octanol–water partition coefficient (Wildman–Crippen LogP) is 1.57. The summed E-state index contributed by atoms with van der Waals surface area (Å²) in [6, 6.07) is 5.55. The fourth-order valence-electron chi connectivity index (χ4n) is 2.14. The van der Waals surface area contributed by atoms with Gasteiger partial charge in [0.1, 0.15) is 17.3 Å². The Morgan fingerprint density at radius 2 is 1.94 bits per heavy atom. The first-order chi connectivity index (χ1) is 8.50. The van der Waals surface area contributed by atoms with Gasteiger partial charge in [0.2, 0.25) is 0 Å². The van der Waals surface area contributed by atoms with E-state index in [1.165, 1.54) is 38.3 Å². The number of ether oxygens (including phenoxy) is 2. The molecule has 1 aliphatic carbocycles. The molecule has 0 heterocycles. The Hall–Kier alpha value is -1.91. The normalized spacial score (nSPS) is 25.4. The van der Waals surface area contributed by atoms with Gasteiger partial charge in [0.05, 0.1) is 7.11 Å². The van der Waals surface area contributed by atoms with E-state index < -0.39 is 23.5 Å². The number of rotatable bonds is 3. The summed E-state index contributed by atoms with van der Waals surface area (Å²) in [6.45, 7) is 1.28. The average molecular weight is 252 g/mol. The number of carbonyl (C=O) groups excluding carboxylic acids is 2. The topological polar surface area (TPSA) is 52.6 Å². The van der Waals surface area contributed by atoms with Crippen molar-refractivity contribution in [2.45, 2.75) is 24.9 Å². The smallest absolute Gasteiger partial charge is 0.320 e. The van der Waals surface area contributed by atoms with Crippen molar-refractivity contribution in [3.05, 3.63) is 35.6 Å². The molecule has 1 aliphatic rings. The van der Waals surface area contributed by atoms with Crippen molar-refractivity contribution in [1.82, 2.24) is 0 Å². The molecule has 0 bridgehead atoms. The molecule has 2 rings (SSSR count). The molecule has 0 N–H and O–H groups in total. The summed E-state index contributed by atoms with van der Waals surface area (Å²) in [5.41, 5.74) is -0.379. The highest BCUT2D eigenvalue weighted by atomic mass is 19.1. The molecule has 0 aromatic heterocycles. The van der Waals surface area contributed by atoms with E-state index in [0.29, 0.717) is 12.0 Å². The molecular formula is C13H13FO4. The third kappa shape index (κ3) is 1.96.